The smallest absolute Gasteiger partial charge is 0.122 e. The van der Waals surface area contributed by atoms with Gasteiger partial charge in [-0.3, -0.25) is 10.1 Å². The van der Waals surface area contributed by atoms with Gasteiger partial charge in [0.2, 0.25) is 0 Å². The Morgan fingerprint density at radius 2 is 1.95 bits per heavy atom. The second-order valence-electron chi connectivity index (χ2n) is 4.65. The summed E-state index contributed by atoms with van der Waals surface area (Å²) in [6.07, 6.45) is 4.27. The molecule has 0 bridgehead atoms. The molecule has 3 rings (SSSR count). The summed E-state index contributed by atoms with van der Waals surface area (Å²) in [4.78, 5) is 4.02. The van der Waals surface area contributed by atoms with Gasteiger partial charge in [0.05, 0.1) is 12.8 Å². The number of H-pyrrole nitrogens is 1. The number of hydrogen-bond donors (Lipinski definition) is 1. The third-order valence-corrected chi connectivity index (χ3v) is 3.72. The first-order chi connectivity index (χ1) is 10.3. The van der Waals surface area contributed by atoms with Crippen LogP contribution >= 0.6 is 15.9 Å². The largest absolute Gasteiger partial charge is 0.496 e. The number of nitrogens with one attached hydrogen (secondary N) is 1. The molecule has 4 nitrogen and oxygen atoms in total. The van der Waals surface area contributed by atoms with E-state index in [1.165, 1.54) is 0 Å². The Balaban J connectivity index is 1.87. The molecule has 0 aliphatic rings. The van der Waals surface area contributed by atoms with Gasteiger partial charge < -0.3 is 4.74 Å². The van der Waals surface area contributed by atoms with Gasteiger partial charge in [-0.05, 0) is 36.4 Å². The predicted molar refractivity (Wildman–Crippen MR) is 85.3 cm³/mol. The molecule has 0 atom stereocenters. The van der Waals surface area contributed by atoms with Gasteiger partial charge in [-0.15, -0.1) is 0 Å². The lowest BCUT2D eigenvalue weighted by Crippen LogP contribution is -1.94. The van der Waals surface area contributed by atoms with E-state index in [9.17, 15) is 0 Å². The Morgan fingerprint density at radius 1 is 1.14 bits per heavy atom. The third kappa shape index (κ3) is 3.13. The van der Waals surface area contributed by atoms with Gasteiger partial charge in [0.15, 0.2) is 0 Å². The van der Waals surface area contributed by atoms with Crippen molar-refractivity contribution in [1.29, 1.82) is 0 Å². The molecule has 0 fully saturated rings. The van der Waals surface area contributed by atoms with Gasteiger partial charge in [-0.2, -0.15) is 5.10 Å². The van der Waals surface area contributed by atoms with E-state index >= 15 is 0 Å². The molecule has 1 N–H and O–H groups in total. The molecule has 0 unspecified atom stereocenters. The van der Waals surface area contributed by atoms with E-state index in [1.54, 1.807) is 19.5 Å². The zero-order valence-corrected chi connectivity index (χ0v) is 13.1. The third-order valence-electron chi connectivity index (χ3n) is 3.23. The molecule has 5 heteroatoms. The van der Waals surface area contributed by atoms with E-state index in [0.29, 0.717) is 0 Å². The molecule has 0 saturated carbocycles. The molecule has 21 heavy (non-hydrogen) atoms. The molecule has 0 amide bonds. The number of aromatic amines is 1. The molecule has 3 aromatic rings. The number of pyridine rings is 1. The lowest BCUT2D eigenvalue weighted by molar-refractivity contribution is 0.410. The molecule has 2 heterocycles. The van der Waals surface area contributed by atoms with Crippen LogP contribution in [0.25, 0.3) is 11.3 Å². The first kappa shape index (κ1) is 13.8. The van der Waals surface area contributed by atoms with Crippen LogP contribution < -0.4 is 4.74 Å². The summed E-state index contributed by atoms with van der Waals surface area (Å²) >= 11 is 3.49. The summed E-state index contributed by atoms with van der Waals surface area (Å²) in [5, 5.41) is 7.44. The molecule has 1 aromatic carbocycles. The Hall–Kier alpha value is -2.14. The average Bonchev–Trinajstić information content (AvgIpc) is 2.97. The van der Waals surface area contributed by atoms with Crippen molar-refractivity contribution in [3.63, 3.8) is 0 Å². The number of methoxy groups -OCH3 is 1. The van der Waals surface area contributed by atoms with E-state index in [0.717, 1.165) is 39.2 Å². The lowest BCUT2D eigenvalue weighted by Gasteiger charge is -2.07. The van der Waals surface area contributed by atoms with E-state index in [2.05, 4.69) is 43.2 Å². The molecule has 0 radical (unpaired) electrons. The Kier molecular flexibility index (Phi) is 4.01. The fourth-order valence-corrected chi connectivity index (χ4v) is 2.62. The van der Waals surface area contributed by atoms with Crippen molar-refractivity contribution in [2.45, 2.75) is 6.42 Å². The maximum atomic E-state index is 5.40. The zero-order chi connectivity index (χ0) is 14.7. The quantitative estimate of drug-likeness (QED) is 0.783. The van der Waals surface area contributed by atoms with E-state index in [4.69, 9.17) is 4.74 Å². The van der Waals surface area contributed by atoms with E-state index in [-0.39, 0.29) is 0 Å². The van der Waals surface area contributed by atoms with Gasteiger partial charge in [0.25, 0.3) is 0 Å². The number of nitrogens with zero attached hydrogens (tertiary/aromatic N) is 2. The second kappa shape index (κ2) is 6.10. The Morgan fingerprint density at radius 3 is 2.71 bits per heavy atom. The topological polar surface area (TPSA) is 50.8 Å². The highest BCUT2D eigenvalue weighted by Crippen LogP contribution is 2.26. The molecule has 106 valence electrons. The van der Waals surface area contributed by atoms with Crippen molar-refractivity contribution in [2.24, 2.45) is 0 Å². The maximum absolute atomic E-state index is 5.40. The summed E-state index contributed by atoms with van der Waals surface area (Å²) in [6, 6.07) is 11.9. The molecule has 0 aliphatic carbocycles. The van der Waals surface area contributed by atoms with Gasteiger partial charge in [-0.1, -0.05) is 15.9 Å². The summed E-state index contributed by atoms with van der Waals surface area (Å²) in [6.45, 7) is 0. The monoisotopic (exact) mass is 343 g/mol. The van der Waals surface area contributed by atoms with Crippen LogP contribution in [-0.4, -0.2) is 22.3 Å². The summed E-state index contributed by atoms with van der Waals surface area (Å²) in [5.41, 5.74) is 4.12. The first-order valence-electron chi connectivity index (χ1n) is 6.53. The number of ether oxygens (including phenoxy) is 1. The Labute approximate surface area is 131 Å². The van der Waals surface area contributed by atoms with Crippen molar-refractivity contribution < 1.29 is 4.74 Å². The van der Waals surface area contributed by atoms with Crippen molar-refractivity contribution in [3.05, 3.63) is 64.5 Å². The fourth-order valence-electron chi connectivity index (χ4n) is 2.21. The van der Waals surface area contributed by atoms with Crippen LogP contribution in [0.4, 0.5) is 0 Å². The van der Waals surface area contributed by atoms with Gasteiger partial charge in [0.1, 0.15) is 5.75 Å². The SMILES string of the molecule is COc1ccc(Br)cc1Cc1cc(-c2ccncc2)n[nH]1. The van der Waals surface area contributed by atoms with Crippen LogP contribution in [0.2, 0.25) is 0 Å². The van der Waals surface area contributed by atoms with Crippen molar-refractivity contribution in [3.8, 4) is 17.0 Å². The lowest BCUT2D eigenvalue weighted by atomic mass is 10.1. The second-order valence-corrected chi connectivity index (χ2v) is 5.56. The summed E-state index contributed by atoms with van der Waals surface area (Å²) in [5.74, 6) is 0.873. The van der Waals surface area contributed by atoms with Crippen LogP contribution in [0.15, 0.2) is 53.3 Å². The minimum atomic E-state index is 0.737. The predicted octanol–water partition coefficient (Wildman–Crippen LogP) is 3.83. The number of aromatic nitrogens is 3. The molecule has 0 spiro atoms. The molecule has 0 aliphatic heterocycles. The highest BCUT2D eigenvalue weighted by Gasteiger charge is 2.08. The molecule has 0 saturated heterocycles. The fraction of sp³-hybridized carbons (Fsp3) is 0.125. The highest BCUT2D eigenvalue weighted by atomic mass is 79.9. The zero-order valence-electron chi connectivity index (χ0n) is 11.5. The van der Waals surface area contributed by atoms with Crippen LogP contribution in [0, 0.1) is 0 Å². The minimum Gasteiger partial charge on any atom is -0.496 e. The van der Waals surface area contributed by atoms with Crippen molar-refractivity contribution in [2.75, 3.05) is 7.11 Å². The van der Waals surface area contributed by atoms with Gasteiger partial charge in [-0.25, -0.2) is 0 Å². The first-order valence-corrected chi connectivity index (χ1v) is 7.32. The van der Waals surface area contributed by atoms with Crippen LogP contribution in [0.3, 0.4) is 0 Å². The summed E-state index contributed by atoms with van der Waals surface area (Å²) < 4.78 is 6.44. The van der Waals surface area contributed by atoms with Gasteiger partial charge >= 0.3 is 0 Å². The van der Waals surface area contributed by atoms with Crippen molar-refractivity contribution >= 4 is 15.9 Å². The van der Waals surface area contributed by atoms with Crippen LogP contribution in [-0.2, 0) is 6.42 Å². The van der Waals surface area contributed by atoms with Gasteiger partial charge in [0, 0.05) is 40.1 Å². The number of benzene rings is 1. The normalized spacial score (nSPS) is 10.6. The van der Waals surface area contributed by atoms with Crippen molar-refractivity contribution in [1.82, 2.24) is 15.2 Å². The number of halogens is 1. The summed E-state index contributed by atoms with van der Waals surface area (Å²) in [7, 11) is 1.68. The van der Waals surface area contributed by atoms with E-state index < -0.39 is 0 Å². The van der Waals surface area contributed by atoms with E-state index in [1.807, 2.05) is 24.3 Å². The van der Waals surface area contributed by atoms with Crippen LogP contribution in [0.5, 0.6) is 5.75 Å². The average molecular weight is 344 g/mol. The number of rotatable bonds is 4. The molecular weight excluding hydrogens is 330 g/mol. The Bertz CT molecular complexity index is 740. The molecular formula is C16H14BrN3O. The highest BCUT2D eigenvalue weighted by molar-refractivity contribution is 9.10. The standard InChI is InChI=1S/C16H14BrN3O/c1-21-16-3-2-13(17)8-12(16)9-14-10-15(20-19-14)11-4-6-18-7-5-11/h2-8,10H,9H2,1H3,(H,19,20). The maximum Gasteiger partial charge on any atom is 0.122 e. The minimum absolute atomic E-state index is 0.737. The number of hydrogen-bond acceptors (Lipinski definition) is 3. The molecule has 2 aromatic heterocycles. The van der Waals surface area contributed by atoms with Crippen LogP contribution in [0.1, 0.15) is 11.3 Å².